The summed E-state index contributed by atoms with van der Waals surface area (Å²) in [5.74, 6) is 0.0932. The minimum atomic E-state index is -0.249. The van der Waals surface area contributed by atoms with Crippen molar-refractivity contribution in [1.29, 1.82) is 0 Å². The fourth-order valence-corrected chi connectivity index (χ4v) is 2.51. The minimum Gasteiger partial charge on any atom is -0.332 e. The molecule has 0 aliphatic carbocycles. The first-order chi connectivity index (χ1) is 8.46. The van der Waals surface area contributed by atoms with Crippen LogP contribution in [-0.4, -0.2) is 28.9 Å². The highest BCUT2D eigenvalue weighted by atomic mass is 16.2. The Bertz CT molecular complexity index is 436. The van der Waals surface area contributed by atoms with Crippen LogP contribution in [0.1, 0.15) is 43.1 Å². The highest BCUT2D eigenvalue weighted by Gasteiger charge is 2.41. The number of nitrogens with zero attached hydrogens (tertiary/aromatic N) is 1. The molecule has 1 unspecified atom stereocenters. The van der Waals surface area contributed by atoms with Crippen LogP contribution >= 0.6 is 0 Å². The van der Waals surface area contributed by atoms with Gasteiger partial charge in [-0.1, -0.05) is 19.1 Å². The van der Waals surface area contributed by atoms with Crippen LogP contribution in [0.2, 0.25) is 0 Å². The molecule has 0 radical (unpaired) electrons. The van der Waals surface area contributed by atoms with Crippen LogP contribution in [0.3, 0.4) is 0 Å². The average Bonchev–Trinajstić information content (AvgIpc) is 2.63. The van der Waals surface area contributed by atoms with Gasteiger partial charge in [-0.3, -0.25) is 4.79 Å². The quantitative estimate of drug-likeness (QED) is 0.869. The third-order valence-corrected chi connectivity index (χ3v) is 4.12. The second-order valence-corrected chi connectivity index (χ2v) is 5.56. The van der Waals surface area contributed by atoms with E-state index < -0.39 is 0 Å². The van der Waals surface area contributed by atoms with Gasteiger partial charge in [-0.2, -0.15) is 0 Å². The van der Waals surface area contributed by atoms with Gasteiger partial charge >= 0.3 is 0 Å². The molecule has 1 aliphatic heterocycles. The van der Waals surface area contributed by atoms with Crippen LogP contribution in [-0.2, 0) is 6.42 Å². The molecule has 1 heterocycles. The summed E-state index contributed by atoms with van der Waals surface area (Å²) >= 11 is 0. The number of benzene rings is 1. The Hall–Kier alpha value is -1.35. The third kappa shape index (κ3) is 2.15. The second-order valence-electron chi connectivity index (χ2n) is 5.56. The zero-order valence-electron chi connectivity index (χ0n) is 11.4. The van der Waals surface area contributed by atoms with Gasteiger partial charge in [-0.25, -0.2) is 0 Å². The topological polar surface area (TPSA) is 46.3 Å². The molecular weight excluding hydrogens is 224 g/mol. The molecule has 98 valence electrons. The van der Waals surface area contributed by atoms with Crippen LogP contribution in [0.25, 0.3) is 0 Å². The Balaban J connectivity index is 2.21. The van der Waals surface area contributed by atoms with E-state index in [1.807, 2.05) is 43.0 Å². The molecule has 2 rings (SSSR count). The zero-order valence-corrected chi connectivity index (χ0v) is 11.4. The number of carbonyl (C=O) groups is 1. The van der Waals surface area contributed by atoms with E-state index in [-0.39, 0.29) is 17.5 Å². The standard InChI is InChI=1S/C15H22N2O/c1-4-11-5-7-12(8-6-11)14(18)17-10-9-13(16)15(17,2)3/h5-8,13H,4,9-10,16H2,1-3H3. The number of carbonyl (C=O) groups excluding carboxylic acids is 1. The van der Waals surface area contributed by atoms with Crippen LogP contribution in [0, 0.1) is 0 Å². The summed E-state index contributed by atoms with van der Waals surface area (Å²) in [7, 11) is 0. The molecule has 0 aromatic heterocycles. The largest absolute Gasteiger partial charge is 0.332 e. The SMILES string of the molecule is CCc1ccc(C(=O)N2CCC(N)C2(C)C)cc1. The molecular formula is C15H22N2O. The summed E-state index contributed by atoms with van der Waals surface area (Å²) in [6.07, 6.45) is 1.88. The van der Waals surface area contributed by atoms with E-state index in [1.165, 1.54) is 5.56 Å². The Morgan fingerprint density at radius 1 is 1.39 bits per heavy atom. The highest BCUT2D eigenvalue weighted by Crippen LogP contribution is 2.29. The summed E-state index contributed by atoms with van der Waals surface area (Å²) in [5, 5.41) is 0. The number of hydrogen-bond acceptors (Lipinski definition) is 2. The predicted octanol–water partition coefficient (Wildman–Crippen LogP) is 2.20. The first kappa shape index (κ1) is 13.1. The van der Waals surface area contributed by atoms with Crippen molar-refractivity contribution < 1.29 is 4.79 Å². The van der Waals surface area contributed by atoms with Crippen molar-refractivity contribution in [3.05, 3.63) is 35.4 Å². The molecule has 1 fully saturated rings. The van der Waals surface area contributed by atoms with Crippen molar-refractivity contribution in [2.45, 2.75) is 45.2 Å². The van der Waals surface area contributed by atoms with Gasteiger partial charge in [0.2, 0.25) is 0 Å². The van der Waals surface area contributed by atoms with Crippen LogP contribution in [0.4, 0.5) is 0 Å². The molecule has 2 N–H and O–H groups in total. The fourth-order valence-electron chi connectivity index (χ4n) is 2.51. The van der Waals surface area contributed by atoms with Gasteiger partial charge < -0.3 is 10.6 Å². The third-order valence-electron chi connectivity index (χ3n) is 4.12. The summed E-state index contributed by atoms with van der Waals surface area (Å²) in [6.45, 7) is 6.95. The van der Waals surface area contributed by atoms with Crippen LogP contribution in [0.15, 0.2) is 24.3 Å². The molecule has 1 atom stereocenters. The molecule has 18 heavy (non-hydrogen) atoms. The number of amides is 1. The average molecular weight is 246 g/mol. The van der Waals surface area contributed by atoms with Gasteiger partial charge in [-0.15, -0.1) is 0 Å². The predicted molar refractivity (Wildman–Crippen MR) is 73.5 cm³/mol. The first-order valence-electron chi connectivity index (χ1n) is 6.63. The number of nitrogens with two attached hydrogens (primary N) is 1. The molecule has 3 heteroatoms. The smallest absolute Gasteiger partial charge is 0.254 e. The van der Waals surface area contributed by atoms with Crippen molar-refractivity contribution in [2.75, 3.05) is 6.54 Å². The second kappa shape index (κ2) is 4.73. The van der Waals surface area contributed by atoms with Gasteiger partial charge in [-0.05, 0) is 44.4 Å². The zero-order chi connectivity index (χ0) is 13.3. The molecule has 0 saturated carbocycles. The number of hydrogen-bond donors (Lipinski definition) is 1. The van der Waals surface area contributed by atoms with Crippen molar-refractivity contribution in [3.63, 3.8) is 0 Å². The van der Waals surface area contributed by atoms with Gasteiger partial charge in [0.1, 0.15) is 0 Å². The molecule has 3 nitrogen and oxygen atoms in total. The highest BCUT2D eigenvalue weighted by molar-refractivity contribution is 5.95. The maximum Gasteiger partial charge on any atom is 0.254 e. The lowest BCUT2D eigenvalue weighted by atomic mass is 9.96. The number of aryl methyl sites for hydroxylation is 1. The van der Waals surface area contributed by atoms with E-state index in [4.69, 9.17) is 5.73 Å². The van der Waals surface area contributed by atoms with E-state index in [9.17, 15) is 4.79 Å². The molecule has 1 aromatic carbocycles. The monoisotopic (exact) mass is 246 g/mol. The van der Waals surface area contributed by atoms with E-state index in [0.29, 0.717) is 0 Å². The Morgan fingerprint density at radius 2 is 2.00 bits per heavy atom. The Kier molecular flexibility index (Phi) is 3.44. The van der Waals surface area contributed by atoms with Crippen LogP contribution < -0.4 is 5.73 Å². The normalized spacial score (nSPS) is 22.2. The summed E-state index contributed by atoms with van der Waals surface area (Å²) in [5.41, 5.74) is 7.83. The molecule has 1 aromatic rings. The lowest BCUT2D eigenvalue weighted by molar-refractivity contribution is 0.0637. The van der Waals surface area contributed by atoms with Gasteiger partial charge in [0.05, 0.1) is 5.54 Å². The van der Waals surface area contributed by atoms with Crippen LogP contribution in [0.5, 0.6) is 0 Å². The van der Waals surface area contributed by atoms with Gasteiger partial charge in [0, 0.05) is 18.2 Å². The van der Waals surface area contributed by atoms with E-state index in [2.05, 4.69) is 6.92 Å². The van der Waals surface area contributed by atoms with Crippen molar-refractivity contribution in [1.82, 2.24) is 4.90 Å². The van der Waals surface area contributed by atoms with Gasteiger partial charge in [0.15, 0.2) is 0 Å². The van der Waals surface area contributed by atoms with E-state index in [0.717, 1.165) is 24.9 Å². The van der Waals surface area contributed by atoms with Crippen molar-refractivity contribution in [2.24, 2.45) is 5.73 Å². The fraction of sp³-hybridized carbons (Fsp3) is 0.533. The lowest BCUT2D eigenvalue weighted by Gasteiger charge is -2.34. The van der Waals surface area contributed by atoms with E-state index >= 15 is 0 Å². The lowest BCUT2D eigenvalue weighted by Crippen LogP contribution is -2.51. The van der Waals surface area contributed by atoms with Gasteiger partial charge in [0.25, 0.3) is 5.91 Å². The molecule has 1 amide bonds. The summed E-state index contributed by atoms with van der Waals surface area (Å²) in [4.78, 5) is 14.4. The molecule has 1 aliphatic rings. The molecule has 0 bridgehead atoms. The first-order valence-corrected chi connectivity index (χ1v) is 6.63. The number of likely N-dealkylation sites (tertiary alicyclic amines) is 1. The summed E-state index contributed by atoms with van der Waals surface area (Å²) < 4.78 is 0. The molecule has 0 spiro atoms. The Labute approximate surface area is 109 Å². The minimum absolute atomic E-state index is 0.0661. The number of rotatable bonds is 2. The van der Waals surface area contributed by atoms with Crippen molar-refractivity contribution >= 4 is 5.91 Å². The molecule has 1 saturated heterocycles. The maximum atomic E-state index is 12.5. The van der Waals surface area contributed by atoms with Crippen molar-refractivity contribution in [3.8, 4) is 0 Å². The summed E-state index contributed by atoms with van der Waals surface area (Å²) in [6, 6.07) is 7.95. The van der Waals surface area contributed by atoms with E-state index in [1.54, 1.807) is 0 Å². The Morgan fingerprint density at radius 3 is 2.44 bits per heavy atom. The maximum absolute atomic E-state index is 12.5.